The number of aromatic nitrogens is 1. The van der Waals surface area contributed by atoms with Gasteiger partial charge < -0.3 is 5.11 Å². The number of thiazole rings is 1. The molecule has 0 aromatic carbocycles. The van der Waals surface area contributed by atoms with Gasteiger partial charge in [-0.25, -0.2) is 4.98 Å². The zero-order chi connectivity index (χ0) is 13.3. The summed E-state index contributed by atoms with van der Waals surface area (Å²) in [5, 5.41) is 13.3. The Morgan fingerprint density at radius 2 is 2.06 bits per heavy atom. The average Bonchev–Trinajstić information content (AvgIpc) is 2.85. The molecule has 18 heavy (non-hydrogen) atoms. The minimum atomic E-state index is -0.434. The van der Waals surface area contributed by atoms with Gasteiger partial charge in [-0.2, -0.15) is 0 Å². The van der Waals surface area contributed by atoms with Gasteiger partial charge in [-0.1, -0.05) is 20.8 Å². The van der Waals surface area contributed by atoms with Crippen molar-refractivity contribution in [3.63, 3.8) is 0 Å². The van der Waals surface area contributed by atoms with Gasteiger partial charge in [0, 0.05) is 27.2 Å². The molecule has 0 fully saturated rings. The van der Waals surface area contributed by atoms with Crippen molar-refractivity contribution in [2.45, 2.75) is 45.6 Å². The van der Waals surface area contributed by atoms with Crippen LogP contribution < -0.4 is 0 Å². The first kappa shape index (κ1) is 13.7. The van der Waals surface area contributed by atoms with E-state index in [2.05, 4.69) is 31.8 Å². The van der Waals surface area contributed by atoms with Gasteiger partial charge in [0.1, 0.15) is 0 Å². The molecule has 0 amide bonds. The summed E-state index contributed by atoms with van der Waals surface area (Å²) >= 11 is 3.32. The van der Waals surface area contributed by atoms with Gasteiger partial charge in [-0.15, -0.1) is 22.7 Å². The number of thiophene rings is 1. The minimum Gasteiger partial charge on any atom is -0.387 e. The smallest absolute Gasteiger partial charge is 0.0957 e. The van der Waals surface area contributed by atoms with Crippen molar-refractivity contribution in [2.24, 2.45) is 0 Å². The first-order valence-corrected chi connectivity index (χ1v) is 7.75. The molecule has 98 valence electrons. The van der Waals surface area contributed by atoms with Gasteiger partial charge in [-0.3, -0.25) is 0 Å². The molecule has 2 heterocycles. The van der Waals surface area contributed by atoms with Crippen LogP contribution in [0.15, 0.2) is 17.5 Å². The van der Waals surface area contributed by atoms with E-state index in [1.54, 1.807) is 22.7 Å². The van der Waals surface area contributed by atoms with Crippen LogP contribution in [0.2, 0.25) is 0 Å². The summed E-state index contributed by atoms with van der Waals surface area (Å²) in [7, 11) is 0. The van der Waals surface area contributed by atoms with Gasteiger partial charge in [0.25, 0.3) is 0 Å². The van der Waals surface area contributed by atoms with Gasteiger partial charge in [0.05, 0.1) is 11.1 Å². The van der Waals surface area contributed by atoms with Gasteiger partial charge >= 0.3 is 0 Å². The van der Waals surface area contributed by atoms with Crippen LogP contribution in [0.25, 0.3) is 0 Å². The molecule has 2 rings (SSSR count). The van der Waals surface area contributed by atoms with Crippen LogP contribution in [0, 0.1) is 6.92 Å². The standard InChI is InChI=1S/C14H19NOS2/c1-9-8-17-13(15-9)7-10(16)11-5-6-12(18-11)14(2,3)4/h5-6,8,10,16H,7H2,1-4H3. The largest absolute Gasteiger partial charge is 0.387 e. The Balaban J connectivity index is 2.09. The van der Waals surface area contributed by atoms with E-state index < -0.39 is 6.10 Å². The van der Waals surface area contributed by atoms with Crippen molar-refractivity contribution >= 4 is 22.7 Å². The second-order valence-corrected chi connectivity index (χ2v) is 7.61. The Labute approximate surface area is 116 Å². The summed E-state index contributed by atoms with van der Waals surface area (Å²) < 4.78 is 0. The van der Waals surface area contributed by atoms with Crippen molar-refractivity contribution in [1.82, 2.24) is 4.98 Å². The highest BCUT2D eigenvalue weighted by molar-refractivity contribution is 7.12. The van der Waals surface area contributed by atoms with Crippen molar-refractivity contribution in [3.8, 4) is 0 Å². The van der Waals surface area contributed by atoms with Crippen LogP contribution in [-0.4, -0.2) is 10.1 Å². The molecule has 2 aromatic heterocycles. The van der Waals surface area contributed by atoms with Crippen LogP contribution in [0.4, 0.5) is 0 Å². The Morgan fingerprint density at radius 1 is 1.33 bits per heavy atom. The minimum absolute atomic E-state index is 0.153. The first-order chi connectivity index (χ1) is 8.36. The Bertz CT molecular complexity index is 522. The second-order valence-electron chi connectivity index (χ2n) is 5.55. The summed E-state index contributed by atoms with van der Waals surface area (Å²) in [5.74, 6) is 0. The number of nitrogens with zero attached hydrogens (tertiary/aromatic N) is 1. The van der Waals surface area contributed by atoms with E-state index in [1.165, 1.54) is 4.88 Å². The molecule has 0 aliphatic rings. The first-order valence-electron chi connectivity index (χ1n) is 6.05. The average molecular weight is 281 g/mol. The lowest BCUT2D eigenvalue weighted by Crippen LogP contribution is -2.07. The third-order valence-electron chi connectivity index (χ3n) is 2.73. The Kier molecular flexibility index (Phi) is 3.90. The number of aryl methyl sites for hydroxylation is 1. The second kappa shape index (κ2) is 5.11. The van der Waals surface area contributed by atoms with Crippen LogP contribution in [-0.2, 0) is 11.8 Å². The summed E-state index contributed by atoms with van der Waals surface area (Å²) in [6.45, 7) is 8.56. The van der Waals surface area contributed by atoms with E-state index in [4.69, 9.17) is 0 Å². The number of rotatable bonds is 3. The molecule has 1 unspecified atom stereocenters. The van der Waals surface area contributed by atoms with Crippen molar-refractivity contribution in [2.75, 3.05) is 0 Å². The molecule has 0 radical (unpaired) electrons. The topological polar surface area (TPSA) is 33.1 Å². The van der Waals surface area contributed by atoms with E-state index >= 15 is 0 Å². The molecule has 0 saturated carbocycles. The zero-order valence-electron chi connectivity index (χ0n) is 11.2. The molecule has 0 bridgehead atoms. The molecule has 2 aromatic rings. The normalized spacial score (nSPS) is 13.8. The highest BCUT2D eigenvalue weighted by atomic mass is 32.1. The third kappa shape index (κ3) is 3.19. The molecule has 2 nitrogen and oxygen atoms in total. The molecule has 1 N–H and O–H groups in total. The monoisotopic (exact) mass is 281 g/mol. The quantitative estimate of drug-likeness (QED) is 0.919. The van der Waals surface area contributed by atoms with E-state index in [1.807, 2.05) is 18.4 Å². The van der Waals surface area contributed by atoms with E-state index in [9.17, 15) is 5.11 Å². The van der Waals surface area contributed by atoms with E-state index in [0.29, 0.717) is 6.42 Å². The maximum Gasteiger partial charge on any atom is 0.0957 e. The number of aliphatic hydroxyl groups is 1. The van der Waals surface area contributed by atoms with Crippen molar-refractivity contribution in [1.29, 1.82) is 0 Å². The van der Waals surface area contributed by atoms with Crippen LogP contribution >= 0.6 is 22.7 Å². The molecule has 4 heteroatoms. The molecule has 0 saturated heterocycles. The Hall–Kier alpha value is -0.710. The maximum atomic E-state index is 10.2. The zero-order valence-corrected chi connectivity index (χ0v) is 12.9. The van der Waals surface area contributed by atoms with E-state index in [-0.39, 0.29) is 5.41 Å². The number of aliphatic hydroxyl groups excluding tert-OH is 1. The lowest BCUT2D eigenvalue weighted by molar-refractivity contribution is 0.182. The number of hydrogen-bond donors (Lipinski definition) is 1. The summed E-state index contributed by atoms with van der Waals surface area (Å²) in [4.78, 5) is 6.74. The van der Waals surface area contributed by atoms with Gasteiger partial charge in [0.15, 0.2) is 0 Å². The van der Waals surface area contributed by atoms with E-state index in [0.717, 1.165) is 15.6 Å². The SMILES string of the molecule is Cc1csc(CC(O)c2ccc(C(C)(C)C)s2)n1. The molecule has 0 spiro atoms. The molecular formula is C14H19NOS2. The fourth-order valence-electron chi connectivity index (χ4n) is 1.70. The third-order valence-corrected chi connectivity index (χ3v) is 5.33. The van der Waals surface area contributed by atoms with Gasteiger partial charge in [-0.05, 0) is 24.5 Å². The Morgan fingerprint density at radius 3 is 2.56 bits per heavy atom. The predicted octanol–water partition coefficient (Wildman–Crippen LogP) is 4.09. The van der Waals surface area contributed by atoms with Crippen molar-refractivity contribution in [3.05, 3.63) is 38.0 Å². The summed E-state index contributed by atoms with van der Waals surface area (Å²) in [6, 6.07) is 4.16. The van der Waals surface area contributed by atoms with Crippen LogP contribution in [0.1, 0.15) is 47.3 Å². The van der Waals surface area contributed by atoms with Crippen LogP contribution in [0.3, 0.4) is 0 Å². The lowest BCUT2D eigenvalue weighted by Gasteiger charge is -2.15. The summed E-state index contributed by atoms with van der Waals surface area (Å²) in [5.41, 5.74) is 1.18. The van der Waals surface area contributed by atoms with Gasteiger partial charge in [0.2, 0.25) is 0 Å². The molecular weight excluding hydrogens is 262 g/mol. The van der Waals surface area contributed by atoms with Crippen LogP contribution in [0.5, 0.6) is 0 Å². The highest BCUT2D eigenvalue weighted by Gasteiger charge is 2.19. The fourth-order valence-corrected chi connectivity index (χ4v) is 3.56. The molecule has 0 aliphatic carbocycles. The number of hydrogen-bond acceptors (Lipinski definition) is 4. The lowest BCUT2D eigenvalue weighted by atomic mass is 9.95. The fraction of sp³-hybridized carbons (Fsp3) is 0.500. The highest BCUT2D eigenvalue weighted by Crippen LogP contribution is 2.33. The van der Waals surface area contributed by atoms with Crippen molar-refractivity contribution < 1.29 is 5.11 Å². The predicted molar refractivity (Wildman–Crippen MR) is 78.5 cm³/mol. The summed E-state index contributed by atoms with van der Waals surface area (Å²) in [6.07, 6.45) is 0.180. The molecule has 1 atom stereocenters. The maximum absolute atomic E-state index is 10.2. The molecule has 0 aliphatic heterocycles.